The number of benzene rings is 1. The monoisotopic (exact) mass is 448 g/mol. The van der Waals surface area contributed by atoms with Crippen molar-refractivity contribution in [3.63, 3.8) is 0 Å². The fourth-order valence-corrected chi connectivity index (χ4v) is 4.15. The number of hydrogen-bond donors (Lipinski definition) is 1. The summed E-state index contributed by atoms with van der Waals surface area (Å²) in [4.78, 5) is 24.7. The molecule has 13 heteroatoms. The van der Waals surface area contributed by atoms with Crippen molar-refractivity contribution in [2.45, 2.75) is 11.5 Å². The molecule has 0 aliphatic carbocycles. The second kappa shape index (κ2) is 7.99. The Kier molecular flexibility index (Phi) is 5.76. The number of amides is 1. The normalized spacial score (nSPS) is 15.8. The van der Waals surface area contributed by atoms with Crippen LogP contribution in [0.4, 0.5) is 13.2 Å². The molecule has 0 radical (unpaired) electrons. The molecule has 1 aromatic heterocycles. The summed E-state index contributed by atoms with van der Waals surface area (Å²) in [5, 5.41) is 8.33. The Bertz CT molecular complexity index is 1040. The third kappa shape index (κ3) is 4.74. The van der Waals surface area contributed by atoms with E-state index in [2.05, 4.69) is 4.74 Å². The van der Waals surface area contributed by atoms with E-state index in [1.165, 1.54) is 17.0 Å². The van der Waals surface area contributed by atoms with Crippen molar-refractivity contribution in [1.82, 2.24) is 9.21 Å². The van der Waals surface area contributed by atoms with Crippen LogP contribution in [0.1, 0.15) is 20.9 Å². The molecule has 1 N–H and O–H groups in total. The van der Waals surface area contributed by atoms with Crippen LogP contribution in [0.15, 0.2) is 45.9 Å². The molecule has 3 rings (SSSR count). The van der Waals surface area contributed by atoms with E-state index in [0.717, 1.165) is 28.6 Å². The number of furan rings is 1. The topological polar surface area (TPSA) is 117 Å². The number of hydrogen-bond acceptors (Lipinski definition) is 6. The van der Waals surface area contributed by atoms with Crippen LogP contribution < -0.4 is 4.74 Å². The number of halogens is 3. The molecule has 0 unspecified atom stereocenters. The lowest BCUT2D eigenvalue weighted by molar-refractivity contribution is -0.274. The van der Waals surface area contributed by atoms with E-state index in [9.17, 15) is 31.2 Å². The summed E-state index contributed by atoms with van der Waals surface area (Å²) in [7, 11) is -4.07. The van der Waals surface area contributed by atoms with Crippen LogP contribution in [0.2, 0.25) is 0 Å². The SMILES string of the molecule is O=C(O)c1ccc(S(=O)(=O)N2CCN(C(=O)c3ccc(OC(F)(F)F)cc3)CC2)o1. The zero-order chi connectivity index (χ0) is 22.1. The van der Waals surface area contributed by atoms with Crippen molar-refractivity contribution >= 4 is 21.9 Å². The van der Waals surface area contributed by atoms with Gasteiger partial charge in [-0.05, 0) is 36.4 Å². The molecule has 2 heterocycles. The van der Waals surface area contributed by atoms with Gasteiger partial charge in [-0.15, -0.1) is 13.2 Å². The Morgan fingerprint density at radius 3 is 2.10 bits per heavy atom. The number of carboxylic acid groups (broad SMARTS) is 1. The summed E-state index contributed by atoms with van der Waals surface area (Å²) in [6.45, 7) is -0.0599. The van der Waals surface area contributed by atoms with Gasteiger partial charge in [0.1, 0.15) is 5.75 Å². The Morgan fingerprint density at radius 1 is 1.00 bits per heavy atom. The van der Waals surface area contributed by atoms with Crippen LogP contribution in [0, 0.1) is 0 Å². The highest BCUT2D eigenvalue weighted by Crippen LogP contribution is 2.24. The van der Waals surface area contributed by atoms with Gasteiger partial charge >= 0.3 is 12.3 Å². The fourth-order valence-electron chi connectivity index (χ4n) is 2.81. The van der Waals surface area contributed by atoms with Gasteiger partial charge in [-0.25, -0.2) is 13.2 Å². The second-order valence-corrected chi connectivity index (χ2v) is 8.06. The maximum Gasteiger partial charge on any atom is 0.573 e. The highest BCUT2D eigenvalue weighted by Gasteiger charge is 2.33. The maximum absolute atomic E-state index is 12.6. The minimum atomic E-state index is -4.84. The van der Waals surface area contributed by atoms with Gasteiger partial charge in [0.25, 0.3) is 15.9 Å². The molecule has 9 nitrogen and oxygen atoms in total. The standard InChI is InChI=1S/C17H15F3N2O7S/c18-17(19,20)29-12-3-1-11(2-4-12)15(23)21-7-9-22(10-8-21)30(26,27)14-6-5-13(28-14)16(24)25/h1-6H,7-10H2,(H,24,25). The Balaban J connectivity index is 1.63. The van der Waals surface area contributed by atoms with Gasteiger partial charge in [-0.1, -0.05) is 0 Å². The largest absolute Gasteiger partial charge is 0.573 e. The molecule has 0 spiro atoms. The first-order valence-corrected chi connectivity index (χ1v) is 9.90. The number of carbonyl (C=O) groups is 2. The summed E-state index contributed by atoms with van der Waals surface area (Å²) >= 11 is 0. The number of carboxylic acids is 1. The van der Waals surface area contributed by atoms with Gasteiger partial charge in [0.15, 0.2) is 0 Å². The molecule has 0 atom stereocenters. The van der Waals surface area contributed by atoms with E-state index in [-0.39, 0.29) is 31.7 Å². The van der Waals surface area contributed by atoms with Crippen molar-refractivity contribution in [1.29, 1.82) is 0 Å². The zero-order valence-electron chi connectivity index (χ0n) is 15.1. The first kappa shape index (κ1) is 21.6. The number of piperazine rings is 1. The van der Waals surface area contributed by atoms with Crippen LogP contribution in [-0.4, -0.2) is 67.1 Å². The summed E-state index contributed by atoms with van der Waals surface area (Å²) in [5.41, 5.74) is 0.123. The van der Waals surface area contributed by atoms with Crippen molar-refractivity contribution in [2.24, 2.45) is 0 Å². The van der Waals surface area contributed by atoms with Crippen LogP contribution in [0.3, 0.4) is 0 Å². The molecule has 1 aliphatic rings. The Morgan fingerprint density at radius 2 is 1.60 bits per heavy atom. The summed E-state index contributed by atoms with van der Waals surface area (Å²) in [5.74, 6) is -2.86. The van der Waals surface area contributed by atoms with Gasteiger partial charge in [0, 0.05) is 31.7 Å². The molecular weight excluding hydrogens is 433 g/mol. The molecule has 0 bridgehead atoms. The van der Waals surface area contributed by atoms with E-state index >= 15 is 0 Å². The number of carbonyl (C=O) groups excluding carboxylic acids is 1. The van der Waals surface area contributed by atoms with Crippen LogP contribution >= 0.6 is 0 Å². The number of sulfonamides is 1. The number of nitrogens with zero attached hydrogens (tertiary/aromatic N) is 2. The molecule has 30 heavy (non-hydrogen) atoms. The third-order valence-corrected chi connectivity index (χ3v) is 6.02. The minimum Gasteiger partial charge on any atom is -0.475 e. The van der Waals surface area contributed by atoms with Crippen LogP contribution in [-0.2, 0) is 10.0 Å². The summed E-state index contributed by atoms with van der Waals surface area (Å²) in [6.07, 6.45) is -4.84. The third-order valence-electron chi connectivity index (χ3n) is 4.25. The average Bonchev–Trinajstić information content (AvgIpc) is 3.18. The molecular formula is C17H15F3N2O7S. The van der Waals surface area contributed by atoms with E-state index in [1.54, 1.807) is 0 Å². The highest BCUT2D eigenvalue weighted by molar-refractivity contribution is 7.89. The highest BCUT2D eigenvalue weighted by atomic mass is 32.2. The van der Waals surface area contributed by atoms with E-state index < -0.39 is 44.9 Å². The fraction of sp³-hybridized carbons (Fsp3) is 0.294. The number of alkyl halides is 3. The molecule has 1 fully saturated rings. The van der Waals surface area contributed by atoms with Gasteiger partial charge < -0.3 is 19.2 Å². The smallest absolute Gasteiger partial charge is 0.475 e. The maximum atomic E-state index is 12.6. The lowest BCUT2D eigenvalue weighted by atomic mass is 10.2. The molecule has 1 amide bonds. The number of aromatic carboxylic acids is 1. The van der Waals surface area contributed by atoms with Crippen molar-refractivity contribution in [2.75, 3.05) is 26.2 Å². The molecule has 0 saturated carbocycles. The van der Waals surface area contributed by atoms with Crippen molar-refractivity contribution < 1.29 is 45.4 Å². The van der Waals surface area contributed by atoms with E-state index in [1.807, 2.05) is 0 Å². The van der Waals surface area contributed by atoms with E-state index in [4.69, 9.17) is 9.52 Å². The number of rotatable bonds is 5. The van der Waals surface area contributed by atoms with Gasteiger partial charge in [0.05, 0.1) is 0 Å². The summed E-state index contributed by atoms with van der Waals surface area (Å²) < 4.78 is 71.4. The molecule has 1 aliphatic heterocycles. The minimum absolute atomic E-state index is 0.0331. The molecule has 2 aromatic rings. The quantitative estimate of drug-likeness (QED) is 0.744. The van der Waals surface area contributed by atoms with Gasteiger partial charge in [0.2, 0.25) is 10.9 Å². The summed E-state index contributed by atoms with van der Waals surface area (Å²) in [6, 6.07) is 6.46. The van der Waals surface area contributed by atoms with Gasteiger partial charge in [-0.3, -0.25) is 4.79 Å². The lowest BCUT2D eigenvalue weighted by Gasteiger charge is -2.33. The molecule has 1 saturated heterocycles. The first-order valence-electron chi connectivity index (χ1n) is 8.46. The van der Waals surface area contributed by atoms with E-state index in [0.29, 0.717) is 0 Å². The molecule has 1 aromatic carbocycles. The van der Waals surface area contributed by atoms with Crippen molar-refractivity contribution in [3.05, 3.63) is 47.7 Å². The number of ether oxygens (including phenoxy) is 1. The predicted molar refractivity (Wildman–Crippen MR) is 93.5 cm³/mol. The predicted octanol–water partition coefficient (Wildman–Crippen LogP) is 2.02. The Hall–Kier alpha value is -3.06. The van der Waals surface area contributed by atoms with Crippen molar-refractivity contribution in [3.8, 4) is 5.75 Å². The van der Waals surface area contributed by atoms with Crippen LogP contribution in [0.5, 0.6) is 5.75 Å². The lowest BCUT2D eigenvalue weighted by Crippen LogP contribution is -2.50. The Labute approximate surface area is 168 Å². The zero-order valence-corrected chi connectivity index (χ0v) is 15.9. The second-order valence-electron chi connectivity index (χ2n) is 6.19. The van der Waals surface area contributed by atoms with Crippen LogP contribution in [0.25, 0.3) is 0 Å². The van der Waals surface area contributed by atoms with Gasteiger partial charge in [-0.2, -0.15) is 4.31 Å². The average molecular weight is 448 g/mol. The molecule has 162 valence electrons. The first-order chi connectivity index (χ1) is 14.0.